The molecule has 0 amide bonds. The summed E-state index contributed by atoms with van der Waals surface area (Å²) in [7, 11) is 0. The molecule has 0 saturated heterocycles. The second-order valence-corrected chi connectivity index (χ2v) is 9.95. The Morgan fingerprint density at radius 1 is 0.711 bits per heavy atom. The molecule has 0 unspecified atom stereocenters. The van der Waals surface area contributed by atoms with E-state index in [0.717, 1.165) is 38.3 Å². The Morgan fingerprint density at radius 3 is 1.45 bits per heavy atom. The fourth-order valence-electron chi connectivity index (χ4n) is 3.31. The third kappa shape index (κ3) is 8.27. The van der Waals surface area contributed by atoms with Gasteiger partial charge in [0, 0.05) is 19.4 Å². The van der Waals surface area contributed by atoms with E-state index in [4.69, 9.17) is 0 Å². The first-order valence-electron chi connectivity index (χ1n) is 11.5. The zero-order valence-corrected chi connectivity index (χ0v) is 24.7. The van der Waals surface area contributed by atoms with E-state index in [0.29, 0.717) is 0 Å². The summed E-state index contributed by atoms with van der Waals surface area (Å²) in [5, 5.41) is 12.1. The Bertz CT molecular complexity index is 1450. The number of nitrogens with zero attached hydrogens (tertiary/aromatic N) is 2. The number of carbonyl (C=O) groups is 1. The molecule has 6 rings (SSSR count). The topological polar surface area (TPSA) is 65.9 Å². The van der Waals surface area contributed by atoms with Crippen LogP contribution in [0.1, 0.15) is 13.8 Å². The van der Waals surface area contributed by atoms with Crippen LogP contribution in [0.15, 0.2) is 109 Å². The molecule has 0 fully saturated rings. The summed E-state index contributed by atoms with van der Waals surface area (Å²) in [4.78, 5) is 19.1. The first-order valence-corrected chi connectivity index (χ1v) is 13.1. The number of ketones is 1. The average molecular weight is 712 g/mol. The van der Waals surface area contributed by atoms with Crippen LogP contribution in [0, 0.1) is 12.1 Å². The molecule has 0 radical (unpaired) electrons. The Hall–Kier alpha value is -3.48. The fraction of sp³-hybridized carbons (Fsp3) is 0.0645. The Labute approximate surface area is 243 Å². The van der Waals surface area contributed by atoms with E-state index in [-0.39, 0.29) is 31.6 Å². The van der Waals surface area contributed by atoms with Crippen LogP contribution in [0.5, 0.6) is 0 Å². The van der Waals surface area contributed by atoms with Crippen molar-refractivity contribution in [3.63, 3.8) is 0 Å². The molecule has 0 aliphatic heterocycles. The molecule has 0 atom stereocenters. The quantitative estimate of drug-likeness (QED) is 0.109. The van der Waals surface area contributed by atoms with Crippen LogP contribution in [0.25, 0.3) is 41.6 Å². The summed E-state index contributed by atoms with van der Waals surface area (Å²) in [6, 6.07) is 38.6. The first-order chi connectivity index (χ1) is 18.0. The second-order valence-electron chi connectivity index (χ2n) is 7.89. The van der Waals surface area contributed by atoms with Crippen LogP contribution in [-0.4, -0.2) is 15.8 Å². The minimum atomic E-state index is -0.187. The zero-order valence-electron chi connectivity index (χ0n) is 20.7. The number of fused-ring (bicyclic) bond motifs is 2. The van der Waals surface area contributed by atoms with Crippen LogP contribution >= 0.6 is 22.7 Å². The van der Waals surface area contributed by atoms with Gasteiger partial charge in [-0.25, -0.2) is 0 Å². The number of hydrogen-bond acceptors (Lipinski definition) is 6. The van der Waals surface area contributed by atoms with Gasteiger partial charge in [-0.2, -0.15) is 22.7 Å². The number of allylic oxidation sites excluding steroid dienone is 2. The van der Waals surface area contributed by atoms with Gasteiger partial charge in [0.15, 0.2) is 5.78 Å². The van der Waals surface area contributed by atoms with Gasteiger partial charge in [0.1, 0.15) is 0 Å². The molecule has 38 heavy (non-hydrogen) atoms. The molecule has 4 aromatic carbocycles. The van der Waals surface area contributed by atoms with Crippen LogP contribution in [0.2, 0.25) is 0 Å². The molecule has 0 N–H and O–H groups in total. The van der Waals surface area contributed by atoms with Gasteiger partial charge in [-0.1, -0.05) is 31.2 Å². The van der Waals surface area contributed by atoms with Gasteiger partial charge in [-0.15, -0.1) is 77.5 Å². The molecule has 4 nitrogen and oxygen atoms in total. The molecule has 190 valence electrons. The summed E-state index contributed by atoms with van der Waals surface area (Å²) in [6.45, 7) is 2.70. The standard InChI is InChI=1S/2C13H8NS.C5H8O2.Ir/c2*1-2-6-10(7-3-1)13-14-11-8-4-5-9-12(11)15-13;1-4(6)3-5(2)7;/h2*1-6,8-9H;3,6H,1-2H3;/q2*-1;;+3/p-1/b;;4-3-;. The predicted molar refractivity (Wildman–Crippen MR) is 152 cm³/mol. The molecular weight excluding hydrogens is 689 g/mol. The molecule has 2 aromatic heterocycles. The Balaban J connectivity index is 0.000000167. The van der Waals surface area contributed by atoms with Crippen molar-refractivity contribution < 1.29 is 30.0 Å². The van der Waals surface area contributed by atoms with Crippen molar-refractivity contribution in [2.45, 2.75) is 13.8 Å². The van der Waals surface area contributed by atoms with Crippen LogP contribution in [0.4, 0.5) is 0 Å². The normalized spacial score (nSPS) is 10.5. The van der Waals surface area contributed by atoms with Crippen molar-refractivity contribution in [2.24, 2.45) is 0 Å². The molecule has 0 spiro atoms. The number of para-hydroxylation sites is 2. The van der Waals surface area contributed by atoms with Crippen LogP contribution < -0.4 is 5.11 Å². The summed E-state index contributed by atoms with van der Waals surface area (Å²) < 4.78 is 2.45. The number of hydrogen-bond donors (Lipinski definition) is 0. The van der Waals surface area contributed by atoms with Crippen LogP contribution in [0.3, 0.4) is 0 Å². The third-order valence-corrected chi connectivity index (χ3v) is 7.01. The fourth-order valence-corrected chi connectivity index (χ4v) is 5.22. The summed E-state index contributed by atoms with van der Waals surface area (Å²) in [6.07, 6.45) is 1.06. The molecule has 0 aliphatic carbocycles. The van der Waals surface area contributed by atoms with Crippen molar-refractivity contribution >= 4 is 48.9 Å². The molecule has 2 heterocycles. The average Bonchev–Trinajstić information content (AvgIpc) is 3.54. The van der Waals surface area contributed by atoms with E-state index < -0.39 is 0 Å². The summed E-state index contributed by atoms with van der Waals surface area (Å²) in [5.41, 5.74) is 4.27. The van der Waals surface area contributed by atoms with Crippen molar-refractivity contribution in [2.75, 3.05) is 0 Å². The predicted octanol–water partition coefficient (Wildman–Crippen LogP) is 7.36. The van der Waals surface area contributed by atoms with E-state index >= 15 is 0 Å². The smallest absolute Gasteiger partial charge is 0.876 e. The van der Waals surface area contributed by atoms with Gasteiger partial charge in [-0.3, -0.25) is 14.8 Å². The maximum absolute atomic E-state index is 9.98. The minimum absolute atomic E-state index is 0. The van der Waals surface area contributed by atoms with E-state index in [9.17, 15) is 9.90 Å². The number of benzene rings is 4. The van der Waals surface area contributed by atoms with E-state index in [1.807, 2.05) is 84.9 Å². The van der Waals surface area contributed by atoms with E-state index in [2.05, 4.69) is 34.2 Å². The second kappa shape index (κ2) is 14.5. The SMILES string of the molecule is CC(=O)/C=C(/C)[O-].[Ir+3].[c-]1ccccc1-c1nc2ccccc2s1.[c-]1ccccc1-c1nc2ccccc2s1. The molecular formula is C31H23IrN2O2S2. The van der Waals surface area contributed by atoms with Gasteiger partial charge < -0.3 is 5.11 Å². The largest absolute Gasteiger partial charge is 3.00 e. The van der Waals surface area contributed by atoms with Crippen molar-refractivity contribution in [3.05, 3.63) is 121 Å². The zero-order chi connectivity index (χ0) is 26.0. The van der Waals surface area contributed by atoms with Gasteiger partial charge in [0.25, 0.3) is 0 Å². The maximum Gasteiger partial charge on any atom is 3.00 e. The van der Waals surface area contributed by atoms with Gasteiger partial charge >= 0.3 is 20.1 Å². The molecule has 0 aliphatic rings. The third-order valence-electron chi connectivity index (χ3n) is 4.87. The molecule has 0 bridgehead atoms. The Kier molecular flexibility index (Phi) is 11.1. The van der Waals surface area contributed by atoms with Crippen molar-refractivity contribution in [3.8, 4) is 21.1 Å². The summed E-state index contributed by atoms with van der Waals surface area (Å²) in [5.74, 6) is -0.375. The number of aromatic nitrogens is 2. The van der Waals surface area contributed by atoms with Crippen molar-refractivity contribution in [1.29, 1.82) is 0 Å². The monoisotopic (exact) mass is 712 g/mol. The Morgan fingerprint density at radius 2 is 1.13 bits per heavy atom. The number of rotatable bonds is 3. The first kappa shape index (κ1) is 29.1. The number of thiazole rings is 2. The van der Waals surface area contributed by atoms with Crippen LogP contribution in [-0.2, 0) is 24.9 Å². The van der Waals surface area contributed by atoms with E-state index in [1.54, 1.807) is 22.7 Å². The van der Waals surface area contributed by atoms with Gasteiger partial charge in [-0.05, 0) is 37.3 Å². The molecule has 7 heteroatoms. The van der Waals surface area contributed by atoms with E-state index in [1.165, 1.54) is 23.2 Å². The number of carbonyl (C=O) groups excluding carboxylic acids is 1. The minimum Gasteiger partial charge on any atom is -0.876 e. The molecule has 0 saturated carbocycles. The van der Waals surface area contributed by atoms with Crippen molar-refractivity contribution in [1.82, 2.24) is 9.97 Å². The molecule has 6 aromatic rings. The van der Waals surface area contributed by atoms with Gasteiger partial charge in [0.2, 0.25) is 0 Å². The summed E-state index contributed by atoms with van der Waals surface area (Å²) >= 11 is 3.42. The van der Waals surface area contributed by atoms with Gasteiger partial charge in [0.05, 0.1) is 11.0 Å². The maximum atomic E-state index is 9.98.